The Bertz CT molecular complexity index is 808. The summed E-state index contributed by atoms with van der Waals surface area (Å²) in [5.74, 6) is 1.06. The molecule has 1 amide bonds. The third kappa shape index (κ3) is 2.80. The van der Waals surface area contributed by atoms with Crippen molar-refractivity contribution in [1.29, 1.82) is 0 Å². The first-order valence-corrected chi connectivity index (χ1v) is 7.60. The Labute approximate surface area is 141 Å². The largest absolute Gasteiger partial charge is 0.493 e. The Kier molecular flexibility index (Phi) is 4.16. The van der Waals surface area contributed by atoms with Crippen LogP contribution in [-0.2, 0) is 4.79 Å². The number of carbonyl (C=O) groups is 1. The lowest BCUT2D eigenvalue weighted by molar-refractivity contribution is -0.110. The number of benzene rings is 2. The van der Waals surface area contributed by atoms with Crippen LogP contribution in [-0.4, -0.2) is 34.2 Å². The van der Waals surface area contributed by atoms with Crippen LogP contribution < -0.4 is 19.7 Å². The maximum Gasteiger partial charge on any atom is 0.256 e. The molecule has 1 aliphatic rings. The summed E-state index contributed by atoms with van der Waals surface area (Å²) in [7, 11) is 7.14. The molecule has 1 aliphatic heterocycles. The fraction of sp³-hybridized carbons (Fsp3) is 0.211. The molecule has 0 atom stereocenters. The summed E-state index contributed by atoms with van der Waals surface area (Å²) < 4.78 is 10.6. The Morgan fingerprint density at radius 3 is 2.21 bits per heavy atom. The van der Waals surface area contributed by atoms with Crippen molar-refractivity contribution in [2.75, 3.05) is 38.5 Å². The van der Waals surface area contributed by atoms with Gasteiger partial charge in [0.1, 0.15) is 0 Å². The monoisotopic (exact) mass is 324 g/mol. The summed E-state index contributed by atoms with van der Waals surface area (Å²) in [6, 6.07) is 11.6. The van der Waals surface area contributed by atoms with Gasteiger partial charge in [0.25, 0.3) is 5.91 Å². The van der Waals surface area contributed by atoms with E-state index in [0.717, 1.165) is 22.5 Å². The minimum atomic E-state index is -0.128. The zero-order chi connectivity index (χ0) is 17.3. The number of methoxy groups -OCH3 is 2. The van der Waals surface area contributed by atoms with E-state index in [1.165, 1.54) is 0 Å². The van der Waals surface area contributed by atoms with E-state index in [2.05, 4.69) is 5.32 Å². The van der Waals surface area contributed by atoms with Crippen LogP contribution in [0.3, 0.4) is 0 Å². The van der Waals surface area contributed by atoms with Gasteiger partial charge in [-0.05, 0) is 29.8 Å². The first kappa shape index (κ1) is 15.9. The average Bonchev–Trinajstić information content (AvgIpc) is 2.88. The minimum Gasteiger partial charge on any atom is -0.493 e. The van der Waals surface area contributed by atoms with E-state index in [1.54, 1.807) is 20.3 Å². The van der Waals surface area contributed by atoms with E-state index < -0.39 is 0 Å². The highest BCUT2D eigenvalue weighted by Gasteiger charge is 2.26. The molecule has 0 radical (unpaired) electrons. The van der Waals surface area contributed by atoms with E-state index in [1.807, 2.05) is 55.4 Å². The number of nitrogens with one attached hydrogen (secondary N) is 1. The number of hydrogen-bond acceptors (Lipinski definition) is 4. The number of anilines is 2. The molecule has 124 valence electrons. The molecule has 0 aliphatic carbocycles. The van der Waals surface area contributed by atoms with Gasteiger partial charge in [0, 0.05) is 37.0 Å². The Hall–Kier alpha value is -2.95. The Balaban J connectivity index is 2.02. The zero-order valence-corrected chi connectivity index (χ0v) is 14.2. The van der Waals surface area contributed by atoms with Gasteiger partial charge in [0.2, 0.25) is 0 Å². The van der Waals surface area contributed by atoms with Crippen LogP contribution >= 0.6 is 0 Å². The second-order valence-electron chi connectivity index (χ2n) is 5.75. The maximum atomic E-state index is 12.3. The molecule has 0 fully saturated rings. The van der Waals surface area contributed by atoms with Gasteiger partial charge >= 0.3 is 0 Å². The molecule has 0 spiro atoms. The smallest absolute Gasteiger partial charge is 0.256 e. The van der Waals surface area contributed by atoms with Crippen LogP contribution in [0.5, 0.6) is 11.5 Å². The minimum absolute atomic E-state index is 0.128. The third-order valence-electron chi connectivity index (χ3n) is 4.03. The molecule has 0 unspecified atom stereocenters. The van der Waals surface area contributed by atoms with E-state index in [-0.39, 0.29) is 5.91 Å². The Morgan fingerprint density at radius 2 is 1.62 bits per heavy atom. The van der Waals surface area contributed by atoms with E-state index in [4.69, 9.17) is 9.47 Å². The molecule has 0 bridgehead atoms. The van der Waals surface area contributed by atoms with Crippen LogP contribution in [0.15, 0.2) is 36.4 Å². The van der Waals surface area contributed by atoms with E-state index in [0.29, 0.717) is 17.1 Å². The highest BCUT2D eigenvalue weighted by molar-refractivity contribution is 6.35. The zero-order valence-electron chi connectivity index (χ0n) is 14.2. The number of amides is 1. The Morgan fingerprint density at radius 1 is 1.00 bits per heavy atom. The summed E-state index contributed by atoms with van der Waals surface area (Å²) in [4.78, 5) is 14.4. The molecule has 5 heteroatoms. The van der Waals surface area contributed by atoms with Crippen molar-refractivity contribution in [2.45, 2.75) is 0 Å². The number of nitrogens with zero attached hydrogens (tertiary/aromatic N) is 1. The first-order chi connectivity index (χ1) is 11.5. The highest BCUT2D eigenvalue weighted by atomic mass is 16.5. The van der Waals surface area contributed by atoms with Crippen LogP contribution in [0, 0.1) is 0 Å². The molecule has 1 N–H and O–H groups in total. The summed E-state index contributed by atoms with van der Waals surface area (Å²) >= 11 is 0. The van der Waals surface area contributed by atoms with Crippen molar-refractivity contribution in [2.24, 2.45) is 0 Å². The second-order valence-corrected chi connectivity index (χ2v) is 5.75. The first-order valence-electron chi connectivity index (χ1n) is 7.60. The van der Waals surface area contributed by atoms with E-state index in [9.17, 15) is 4.79 Å². The molecule has 3 rings (SSSR count). The number of carbonyl (C=O) groups excluding carboxylic acids is 1. The maximum absolute atomic E-state index is 12.3. The van der Waals surface area contributed by atoms with Gasteiger partial charge in [-0.3, -0.25) is 4.79 Å². The topological polar surface area (TPSA) is 50.8 Å². The predicted octanol–water partition coefficient (Wildman–Crippen LogP) is 3.26. The SMILES string of the molecule is COc1cc2c(cc1OC)C(=Cc1ccc(N(C)C)cc1)C(=O)N2. The molecule has 0 saturated carbocycles. The van der Waals surface area contributed by atoms with Gasteiger partial charge in [-0.15, -0.1) is 0 Å². The molecule has 1 heterocycles. The van der Waals surface area contributed by atoms with Gasteiger partial charge < -0.3 is 19.7 Å². The molecule has 2 aromatic carbocycles. The van der Waals surface area contributed by atoms with Gasteiger partial charge in [-0.1, -0.05) is 12.1 Å². The average molecular weight is 324 g/mol. The third-order valence-corrected chi connectivity index (χ3v) is 4.03. The second kappa shape index (κ2) is 6.28. The van der Waals surface area contributed by atoms with Gasteiger partial charge in [-0.25, -0.2) is 0 Å². The van der Waals surface area contributed by atoms with Crippen molar-refractivity contribution >= 4 is 28.9 Å². The van der Waals surface area contributed by atoms with Crippen molar-refractivity contribution in [3.63, 3.8) is 0 Å². The van der Waals surface area contributed by atoms with Crippen molar-refractivity contribution in [3.05, 3.63) is 47.5 Å². The molecule has 0 aromatic heterocycles. The quantitative estimate of drug-likeness (QED) is 0.877. The number of rotatable bonds is 4. The highest BCUT2D eigenvalue weighted by Crippen LogP contribution is 2.41. The number of fused-ring (bicyclic) bond motifs is 1. The van der Waals surface area contributed by atoms with Gasteiger partial charge in [0.15, 0.2) is 11.5 Å². The van der Waals surface area contributed by atoms with Crippen LogP contribution in [0.2, 0.25) is 0 Å². The standard InChI is InChI=1S/C19H20N2O3/c1-21(2)13-7-5-12(6-8-13)9-15-14-10-17(23-3)18(24-4)11-16(14)20-19(15)22/h5-11H,1-4H3,(H,20,22). The lowest BCUT2D eigenvalue weighted by Crippen LogP contribution is -2.08. The molecular formula is C19H20N2O3. The summed E-state index contributed by atoms with van der Waals surface area (Å²) in [5.41, 5.74) is 4.24. The molecule has 0 saturated heterocycles. The van der Waals surface area contributed by atoms with Gasteiger partial charge in [-0.2, -0.15) is 0 Å². The molecule has 2 aromatic rings. The van der Waals surface area contributed by atoms with E-state index >= 15 is 0 Å². The van der Waals surface area contributed by atoms with Crippen molar-refractivity contribution in [3.8, 4) is 11.5 Å². The summed E-state index contributed by atoms with van der Waals surface area (Å²) in [5, 5.41) is 2.87. The van der Waals surface area contributed by atoms with Crippen molar-refractivity contribution < 1.29 is 14.3 Å². The molecule has 5 nitrogen and oxygen atoms in total. The fourth-order valence-electron chi connectivity index (χ4n) is 2.70. The van der Waals surface area contributed by atoms with Crippen LogP contribution in [0.4, 0.5) is 11.4 Å². The number of hydrogen-bond donors (Lipinski definition) is 1. The van der Waals surface area contributed by atoms with Gasteiger partial charge in [0.05, 0.1) is 19.9 Å². The lowest BCUT2D eigenvalue weighted by Gasteiger charge is -2.12. The van der Waals surface area contributed by atoms with Crippen molar-refractivity contribution in [1.82, 2.24) is 0 Å². The summed E-state index contributed by atoms with van der Waals surface area (Å²) in [6.45, 7) is 0. The normalized spacial score (nSPS) is 14.3. The molecular weight excluding hydrogens is 304 g/mol. The molecule has 24 heavy (non-hydrogen) atoms. The van der Waals surface area contributed by atoms with Crippen LogP contribution in [0.25, 0.3) is 11.6 Å². The van der Waals surface area contributed by atoms with Crippen LogP contribution in [0.1, 0.15) is 11.1 Å². The fourth-order valence-corrected chi connectivity index (χ4v) is 2.70. The predicted molar refractivity (Wildman–Crippen MR) is 96.8 cm³/mol. The summed E-state index contributed by atoms with van der Waals surface area (Å²) in [6.07, 6.45) is 1.88. The lowest BCUT2D eigenvalue weighted by atomic mass is 10.0. The number of ether oxygens (including phenoxy) is 2.